The fourth-order valence-electron chi connectivity index (χ4n) is 1.21. The smallest absolute Gasteiger partial charge is 0.337 e. The minimum absolute atomic E-state index is 0.0166. The molecule has 0 bridgehead atoms. The van der Waals surface area contributed by atoms with Gasteiger partial charge in [-0.1, -0.05) is 5.92 Å². The van der Waals surface area contributed by atoms with E-state index in [0.717, 1.165) is 0 Å². The molecule has 1 aromatic rings. The molecular formula is C12H11NO4. The van der Waals surface area contributed by atoms with Crippen LogP contribution in [0, 0.1) is 11.8 Å². The Labute approximate surface area is 98.4 Å². The van der Waals surface area contributed by atoms with Crippen molar-refractivity contribution in [3.05, 3.63) is 23.8 Å². The summed E-state index contributed by atoms with van der Waals surface area (Å²) in [5.41, 5.74) is 0.140. The lowest BCUT2D eigenvalue weighted by atomic mass is 10.1. The number of carbonyl (C=O) groups is 2. The number of hydrogen-bond acceptors (Lipinski definition) is 3. The van der Waals surface area contributed by atoms with Crippen molar-refractivity contribution < 1.29 is 19.4 Å². The first kappa shape index (κ1) is 12.6. The Morgan fingerprint density at radius 1 is 1.41 bits per heavy atom. The summed E-state index contributed by atoms with van der Waals surface area (Å²) in [6, 6.07) is 4.29. The Bertz CT molecular complexity index is 511. The highest BCUT2D eigenvalue weighted by Gasteiger charge is 2.12. The van der Waals surface area contributed by atoms with Crippen molar-refractivity contribution in [2.45, 2.75) is 6.92 Å². The first-order valence-corrected chi connectivity index (χ1v) is 4.73. The topological polar surface area (TPSA) is 75.6 Å². The summed E-state index contributed by atoms with van der Waals surface area (Å²) in [7, 11) is 1.45. The Kier molecular flexibility index (Phi) is 4.12. The molecule has 0 spiro atoms. The van der Waals surface area contributed by atoms with Crippen LogP contribution in [0.25, 0.3) is 0 Å². The normalized spacial score (nSPS) is 8.82. The number of anilines is 1. The molecule has 0 aliphatic rings. The first-order chi connectivity index (χ1) is 8.08. The molecule has 2 N–H and O–H groups in total. The average molecular weight is 233 g/mol. The molecule has 5 nitrogen and oxygen atoms in total. The predicted molar refractivity (Wildman–Crippen MR) is 62.0 cm³/mol. The van der Waals surface area contributed by atoms with E-state index >= 15 is 0 Å². The van der Waals surface area contributed by atoms with Crippen molar-refractivity contribution in [3.63, 3.8) is 0 Å². The zero-order valence-electron chi connectivity index (χ0n) is 9.40. The highest BCUT2D eigenvalue weighted by Crippen LogP contribution is 2.22. The number of ether oxygens (including phenoxy) is 1. The Morgan fingerprint density at radius 2 is 2.12 bits per heavy atom. The Balaban J connectivity index is 3.12. The Hall–Kier alpha value is -2.48. The number of carboxylic acids is 1. The van der Waals surface area contributed by atoms with Gasteiger partial charge in [0, 0.05) is 6.07 Å². The van der Waals surface area contributed by atoms with Gasteiger partial charge in [0.1, 0.15) is 5.75 Å². The number of rotatable bonds is 3. The van der Waals surface area contributed by atoms with Crippen molar-refractivity contribution in [2.24, 2.45) is 0 Å². The van der Waals surface area contributed by atoms with Crippen molar-refractivity contribution in [1.29, 1.82) is 0 Å². The monoisotopic (exact) mass is 233 g/mol. The van der Waals surface area contributed by atoms with Crippen molar-refractivity contribution in [1.82, 2.24) is 0 Å². The summed E-state index contributed by atoms with van der Waals surface area (Å²) >= 11 is 0. The zero-order chi connectivity index (χ0) is 12.8. The summed E-state index contributed by atoms with van der Waals surface area (Å²) < 4.78 is 4.95. The maximum Gasteiger partial charge on any atom is 0.337 e. The van der Waals surface area contributed by atoms with E-state index in [4.69, 9.17) is 9.84 Å². The Morgan fingerprint density at radius 3 is 2.65 bits per heavy atom. The molecule has 5 heteroatoms. The van der Waals surface area contributed by atoms with E-state index in [-0.39, 0.29) is 11.3 Å². The molecule has 0 fully saturated rings. The van der Waals surface area contributed by atoms with Gasteiger partial charge in [0.05, 0.1) is 18.4 Å². The van der Waals surface area contributed by atoms with Gasteiger partial charge < -0.3 is 15.2 Å². The van der Waals surface area contributed by atoms with Crippen LogP contribution in [0.5, 0.6) is 5.75 Å². The molecular weight excluding hydrogens is 222 g/mol. The fourth-order valence-corrected chi connectivity index (χ4v) is 1.21. The predicted octanol–water partition coefficient (Wildman–Crippen LogP) is 1.36. The second-order valence-electron chi connectivity index (χ2n) is 3.05. The van der Waals surface area contributed by atoms with E-state index in [1.807, 2.05) is 0 Å². The molecule has 1 aromatic carbocycles. The van der Waals surface area contributed by atoms with Gasteiger partial charge in [-0.2, -0.15) is 0 Å². The lowest BCUT2D eigenvalue weighted by Gasteiger charge is -2.08. The summed E-state index contributed by atoms with van der Waals surface area (Å²) in [5.74, 6) is 3.44. The highest BCUT2D eigenvalue weighted by atomic mass is 16.5. The highest BCUT2D eigenvalue weighted by molar-refractivity contribution is 6.07. The van der Waals surface area contributed by atoms with Gasteiger partial charge in [-0.3, -0.25) is 4.79 Å². The molecule has 0 unspecified atom stereocenters. The molecule has 0 aliphatic heterocycles. The minimum atomic E-state index is -1.13. The molecule has 0 heterocycles. The van der Waals surface area contributed by atoms with Gasteiger partial charge in [-0.05, 0) is 25.0 Å². The van der Waals surface area contributed by atoms with Gasteiger partial charge in [0.25, 0.3) is 5.91 Å². The van der Waals surface area contributed by atoms with Crippen LogP contribution in [-0.4, -0.2) is 24.1 Å². The third-order valence-corrected chi connectivity index (χ3v) is 1.94. The maximum absolute atomic E-state index is 11.3. The average Bonchev–Trinajstić information content (AvgIpc) is 2.28. The standard InChI is InChI=1S/C12H11NO4/c1-3-4-11(14)13-10-7-8(17-2)5-6-9(10)12(15)16/h5-7H,1-2H3,(H,13,14)(H,15,16). The summed E-state index contributed by atoms with van der Waals surface area (Å²) in [4.78, 5) is 22.2. The van der Waals surface area contributed by atoms with E-state index < -0.39 is 11.9 Å². The summed E-state index contributed by atoms with van der Waals surface area (Å²) in [6.45, 7) is 1.52. The zero-order valence-corrected chi connectivity index (χ0v) is 9.40. The molecule has 1 amide bonds. The quantitative estimate of drug-likeness (QED) is 0.773. The lowest BCUT2D eigenvalue weighted by molar-refractivity contribution is -0.111. The second kappa shape index (κ2) is 5.56. The van der Waals surface area contributed by atoms with Crippen LogP contribution in [0.4, 0.5) is 5.69 Å². The SMILES string of the molecule is CC#CC(=O)Nc1cc(OC)ccc1C(=O)O. The third-order valence-electron chi connectivity index (χ3n) is 1.94. The van der Waals surface area contributed by atoms with Crippen LogP contribution in [0.1, 0.15) is 17.3 Å². The second-order valence-corrected chi connectivity index (χ2v) is 3.05. The van der Waals surface area contributed by atoms with Crippen LogP contribution in [0.3, 0.4) is 0 Å². The van der Waals surface area contributed by atoms with E-state index in [1.165, 1.54) is 32.2 Å². The van der Waals surface area contributed by atoms with Crippen LogP contribution in [-0.2, 0) is 4.79 Å². The van der Waals surface area contributed by atoms with Gasteiger partial charge in [0.15, 0.2) is 0 Å². The number of amides is 1. The van der Waals surface area contributed by atoms with Crippen LogP contribution in [0.2, 0.25) is 0 Å². The van der Waals surface area contributed by atoms with Crippen molar-refractivity contribution in [2.75, 3.05) is 12.4 Å². The van der Waals surface area contributed by atoms with Gasteiger partial charge in [-0.15, -0.1) is 0 Å². The molecule has 0 radical (unpaired) electrons. The number of aromatic carboxylic acids is 1. The van der Waals surface area contributed by atoms with Crippen molar-refractivity contribution >= 4 is 17.6 Å². The molecule has 17 heavy (non-hydrogen) atoms. The van der Waals surface area contributed by atoms with Crippen LogP contribution < -0.4 is 10.1 Å². The van der Waals surface area contributed by atoms with Crippen molar-refractivity contribution in [3.8, 4) is 17.6 Å². The van der Waals surface area contributed by atoms with E-state index in [0.29, 0.717) is 5.75 Å². The number of carboxylic acid groups (broad SMARTS) is 1. The van der Waals surface area contributed by atoms with E-state index in [2.05, 4.69) is 17.2 Å². The number of methoxy groups -OCH3 is 1. The minimum Gasteiger partial charge on any atom is -0.497 e. The number of carbonyl (C=O) groups excluding carboxylic acids is 1. The fraction of sp³-hybridized carbons (Fsp3) is 0.167. The van der Waals surface area contributed by atoms with E-state index in [9.17, 15) is 9.59 Å². The molecule has 0 atom stereocenters. The third kappa shape index (κ3) is 3.24. The van der Waals surface area contributed by atoms with Crippen LogP contribution in [0.15, 0.2) is 18.2 Å². The lowest BCUT2D eigenvalue weighted by Crippen LogP contribution is -2.12. The van der Waals surface area contributed by atoms with Gasteiger partial charge in [0.2, 0.25) is 0 Å². The molecule has 0 aromatic heterocycles. The molecule has 0 saturated carbocycles. The van der Waals surface area contributed by atoms with Gasteiger partial charge in [-0.25, -0.2) is 4.79 Å². The van der Waals surface area contributed by atoms with Crippen LogP contribution >= 0.6 is 0 Å². The summed E-state index contributed by atoms with van der Waals surface area (Å²) in [6.07, 6.45) is 0. The molecule has 88 valence electrons. The summed E-state index contributed by atoms with van der Waals surface area (Å²) in [5, 5.41) is 11.3. The molecule has 1 rings (SSSR count). The number of nitrogens with one attached hydrogen (secondary N) is 1. The van der Waals surface area contributed by atoms with E-state index in [1.54, 1.807) is 0 Å². The van der Waals surface area contributed by atoms with Gasteiger partial charge >= 0.3 is 5.97 Å². The maximum atomic E-state index is 11.3. The number of benzene rings is 1. The molecule has 0 aliphatic carbocycles. The first-order valence-electron chi connectivity index (χ1n) is 4.73. The number of hydrogen-bond donors (Lipinski definition) is 2. The molecule has 0 saturated heterocycles. The largest absolute Gasteiger partial charge is 0.497 e.